The number of carbonyl (C=O) groups excluding carboxylic acids is 2. The number of halogens is 1. The van der Waals surface area contributed by atoms with Crippen molar-refractivity contribution in [1.82, 2.24) is 10.4 Å². The summed E-state index contributed by atoms with van der Waals surface area (Å²) in [4.78, 5) is 25.2. The van der Waals surface area contributed by atoms with Crippen LogP contribution in [0.15, 0.2) is 47.4 Å². The van der Waals surface area contributed by atoms with Crippen LogP contribution in [-0.2, 0) is 4.79 Å². The quantitative estimate of drug-likeness (QED) is 0.572. The van der Waals surface area contributed by atoms with E-state index >= 15 is 0 Å². The molecule has 1 fully saturated rings. The van der Waals surface area contributed by atoms with Gasteiger partial charge in [0.2, 0.25) is 0 Å². The zero-order chi connectivity index (χ0) is 20.3. The zero-order valence-electron chi connectivity index (χ0n) is 14.6. The van der Waals surface area contributed by atoms with E-state index in [9.17, 15) is 19.1 Å². The number of benzene rings is 2. The standard InChI is InChI=1S/C19H15FN2O4S2/c1-2-26-15-9-11(3-8-14(15)23)10-16-18(25)22(19(27)28-16)21-17(24)12-4-6-13(20)7-5-12/h3-10,23H,2H2,1H3,(H,21,24)/b16-10-. The maximum absolute atomic E-state index is 13.0. The highest BCUT2D eigenvalue weighted by Gasteiger charge is 2.33. The third-order valence-electron chi connectivity index (χ3n) is 3.69. The van der Waals surface area contributed by atoms with Crippen molar-refractivity contribution in [1.29, 1.82) is 0 Å². The number of amides is 2. The summed E-state index contributed by atoms with van der Waals surface area (Å²) < 4.78 is 18.5. The lowest BCUT2D eigenvalue weighted by molar-refractivity contribution is -0.123. The van der Waals surface area contributed by atoms with Crippen LogP contribution in [0.5, 0.6) is 11.5 Å². The molecular weight excluding hydrogens is 403 g/mol. The first kappa shape index (κ1) is 19.8. The number of carbonyl (C=O) groups is 2. The van der Waals surface area contributed by atoms with E-state index in [0.717, 1.165) is 28.9 Å². The predicted octanol–water partition coefficient (Wildman–Crippen LogP) is 3.48. The minimum atomic E-state index is -0.583. The van der Waals surface area contributed by atoms with Crippen molar-refractivity contribution in [2.24, 2.45) is 0 Å². The van der Waals surface area contributed by atoms with Crippen LogP contribution in [0.3, 0.4) is 0 Å². The van der Waals surface area contributed by atoms with Crippen molar-refractivity contribution >= 4 is 46.2 Å². The summed E-state index contributed by atoms with van der Waals surface area (Å²) in [6.07, 6.45) is 1.59. The summed E-state index contributed by atoms with van der Waals surface area (Å²) in [5.41, 5.74) is 3.25. The molecule has 2 aromatic rings. The number of thiocarbonyl (C=S) groups is 1. The Morgan fingerprint density at radius 2 is 2.04 bits per heavy atom. The molecule has 28 heavy (non-hydrogen) atoms. The van der Waals surface area contributed by atoms with Crippen molar-refractivity contribution in [3.8, 4) is 11.5 Å². The first-order valence-electron chi connectivity index (χ1n) is 8.19. The second-order valence-electron chi connectivity index (χ2n) is 5.63. The third-order valence-corrected chi connectivity index (χ3v) is 5.00. The predicted molar refractivity (Wildman–Crippen MR) is 108 cm³/mol. The Balaban J connectivity index is 1.77. The van der Waals surface area contributed by atoms with Crippen LogP contribution in [0.4, 0.5) is 4.39 Å². The maximum Gasteiger partial charge on any atom is 0.285 e. The van der Waals surface area contributed by atoms with Gasteiger partial charge >= 0.3 is 0 Å². The number of hydrazine groups is 1. The molecule has 0 aliphatic carbocycles. The first-order valence-corrected chi connectivity index (χ1v) is 9.42. The molecule has 0 spiro atoms. The fourth-order valence-corrected chi connectivity index (χ4v) is 3.55. The van der Waals surface area contributed by atoms with Crippen LogP contribution in [0.25, 0.3) is 6.08 Å². The lowest BCUT2D eigenvalue weighted by Gasteiger charge is -2.15. The topological polar surface area (TPSA) is 78.9 Å². The number of ether oxygens (including phenoxy) is 1. The minimum Gasteiger partial charge on any atom is -0.504 e. The van der Waals surface area contributed by atoms with Gasteiger partial charge in [0, 0.05) is 5.56 Å². The summed E-state index contributed by atoms with van der Waals surface area (Å²) in [5.74, 6) is -1.24. The molecular formula is C19H15FN2O4S2. The minimum absolute atomic E-state index is 0.00175. The smallest absolute Gasteiger partial charge is 0.285 e. The van der Waals surface area contributed by atoms with E-state index in [1.165, 1.54) is 18.2 Å². The zero-order valence-corrected chi connectivity index (χ0v) is 16.3. The average Bonchev–Trinajstić information content (AvgIpc) is 2.92. The molecule has 1 saturated heterocycles. The molecule has 9 heteroatoms. The van der Waals surface area contributed by atoms with Crippen molar-refractivity contribution in [2.75, 3.05) is 6.61 Å². The number of nitrogens with one attached hydrogen (secondary N) is 1. The van der Waals surface area contributed by atoms with Crippen molar-refractivity contribution in [3.05, 3.63) is 64.3 Å². The Labute approximate surface area is 170 Å². The lowest BCUT2D eigenvalue weighted by atomic mass is 10.2. The summed E-state index contributed by atoms with van der Waals surface area (Å²) in [7, 11) is 0. The van der Waals surface area contributed by atoms with Crippen molar-refractivity contribution in [2.45, 2.75) is 6.92 Å². The van der Waals surface area contributed by atoms with Gasteiger partial charge in [-0.05, 0) is 67.2 Å². The van der Waals surface area contributed by atoms with Gasteiger partial charge in [0.05, 0.1) is 11.5 Å². The number of hydrogen-bond acceptors (Lipinski definition) is 6. The van der Waals surface area contributed by atoms with Gasteiger partial charge in [0.15, 0.2) is 15.8 Å². The maximum atomic E-state index is 13.0. The normalized spacial score (nSPS) is 15.2. The number of nitrogens with zero attached hydrogens (tertiary/aromatic N) is 1. The highest BCUT2D eigenvalue weighted by atomic mass is 32.2. The van der Waals surface area contributed by atoms with Crippen LogP contribution in [0.1, 0.15) is 22.8 Å². The average molecular weight is 418 g/mol. The Bertz CT molecular complexity index is 976. The summed E-state index contributed by atoms with van der Waals surface area (Å²) in [6.45, 7) is 2.18. The van der Waals surface area contributed by atoms with Crippen LogP contribution in [0.2, 0.25) is 0 Å². The molecule has 1 aliphatic heterocycles. The van der Waals surface area contributed by atoms with Crippen molar-refractivity contribution < 1.29 is 23.8 Å². The summed E-state index contributed by atoms with van der Waals surface area (Å²) in [5, 5.41) is 10.7. The number of phenolic OH excluding ortho intramolecular Hbond substituents is 1. The molecule has 0 aromatic heterocycles. The molecule has 2 N–H and O–H groups in total. The van der Waals surface area contributed by atoms with E-state index < -0.39 is 17.6 Å². The first-order chi connectivity index (χ1) is 13.4. The second kappa shape index (κ2) is 8.41. The van der Waals surface area contributed by atoms with Gasteiger partial charge in [-0.3, -0.25) is 15.0 Å². The highest BCUT2D eigenvalue weighted by molar-refractivity contribution is 8.26. The second-order valence-corrected chi connectivity index (χ2v) is 7.30. The molecule has 6 nitrogen and oxygen atoms in total. The van der Waals surface area contributed by atoms with E-state index in [-0.39, 0.29) is 15.6 Å². The van der Waals surface area contributed by atoms with Gasteiger partial charge in [-0.15, -0.1) is 0 Å². The van der Waals surface area contributed by atoms with Gasteiger partial charge in [-0.1, -0.05) is 17.8 Å². The fourth-order valence-electron chi connectivity index (χ4n) is 2.37. The highest BCUT2D eigenvalue weighted by Crippen LogP contribution is 2.33. The molecule has 2 amide bonds. The number of thioether (sulfide) groups is 1. The lowest BCUT2D eigenvalue weighted by Crippen LogP contribution is -2.44. The Morgan fingerprint density at radius 1 is 1.32 bits per heavy atom. The van der Waals surface area contributed by atoms with Crippen LogP contribution in [0, 0.1) is 5.82 Å². The van der Waals surface area contributed by atoms with Crippen LogP contribution >= 0.6 is 24.0 Å². The van der Waals surface area contributed by atoms with Gasteiger partial charge in [-0.2, -0.15) is 5.01 Å². The molecule has 1 aliphatic rings. The molecule has 0 unspecified atom stereocenters. The van der Waals surface area contributed by atoms with E-state index in [4.69, 9.17) is 17.0 Å². The van der Waals surface area contributed by atoms with E-state index in [1.54, 1.807) is 25.1 Å². The van der Waals surface area contributed by atoms with E-state index in [0.29, 0.717) is 22.8 Å². The van der Waals surface area contributed by atoms with Crippen LogP contribution < -0.4 is 10.2 Å². The molecule has 3 rings (SSSR count). The molecule has 1 heterocycles. The number of aromatic hydroxyl groups is 1. The van der Waals surface area contributed by atoms with Gasteiger partial charge in [0.1, 0.15) is 5.82 Å². The molecule has 0 bridgehead atoms. The van der Waals surface area contributed by atoms with Gasteiger partial charge in [-0.25, -0.2) is 4.39 Å². The summed E-state index contributed by atoms with van der Waals surface area (Å²) in [6, 6.07) is 9.62. The third kappa shape index (κ3) is 4.32. The van der Waals surface area contributed by atoms with Gasteiger partial charge < -0.3 is 9.84 Å². The Kier molecular flexibility index (Phi) is 5.96. The number of rotatable bonds is 5. The molecule has 2 aromatic carbocycles. The monoisotopic (exact) mass is 418 g/mol. The molecule has 144 valence electrons. The van der Waals surface area contributed by atoms with Crippen molar-refractivity contribution in [3.63, 3.8) is 0 Å². The molecule has 0 atom stereocenters. The SMILES string of the molecule is CCOc1cc(/C=C2\SC(=S)N(NC(=O)c3ccc(F)cc3)C2=O)ccc1O. The Hall–Kier alpha value is -2.91. The van der Waals surface area contributed by atoms with E-state index in [2.05, 4.69) is 5.43 Å². The summed E-state index contributed by atoms with van der Waals surface area (Å²) >= 11 is 6.21. The molecule has 0 radical (unpaired) electrons. The Morgan fingerprint density at radius 3 is 2.71 bits per heavy atom. The number of hydrogen-bond donors (Lipinski definition) is 2. The van der Waals surface area contributed by atoms with Gasteiger partial charge in [0.25, 0.3) is 11.8 Å². The number of phenols is 1. The fraction of sp³-hybridized carbons (Fsp3) is 0.105. The largest absolute Gasteiger partial charge is 0.504 e. The van der Waals surface area contributed by atoms with E-state index in [1.807, 2.05) is 0 Å². The molecule has 0 saturated carbocycles. The van der Waals surface area contributed by atoms with Crippen LogP contribution in [-0.4, -0.2) is 32.9 Å².